The van der Waals surface area contributed by atoms with Crippen LogP contribution in [0.15, 0.2) is 60.7 Å². The summed E-state index contributed by atoms with van der Waals surface area (Å²) in [5.41, 5.74) is 0. The van der Waals surface area contributed by atoms with Gasteiger partial charge < -0.3 is 30.5 Å². The Morgan fingerprint density at radius 1 is 0.721 bits per heavy atom. The molecule has 11 nitrogen and oxygen atoms in total. The van der Waals surface area contributed by atoms with Crippen LogP contribution in [0.25, 0.3) is 0 Å². The standard InChI is InChI=1S/2C14H17NO3.CH2O3.ClH.2K.H/c2*15-13(17-11-6-2-1-3-7-11)10-14(16)18-12-8-4-5-9-12;2-1-4-3;;;;/h2*1-3,6-7,12,15H,4-5,8-10H2;1,3H;1H;;;/q;;;;2*+1;-1/p-1. The molecule has 14 heteroatoms. The molecule has 0 unspecified atom stereocenters. The molecule has 0 amide bonds. The number of carbonyl (C=O) groups is 3. The van der Waals surface area contributed by atoms with Crippen molar-refractivity contribution in [2.75, 3.05) is 0 Å². The molecule has 2 aliphatic rings. The fourth-order valence-electron chi connectivity index (χ4n) is 4.06. The van der Waals surface area contributed by atoms with Gasteiger partial charge in [-0.2, -0.15) is 0 Å². The van der Waals surface area contributed by atoms with Crippen LogP contribution in [0.1, 0.15) is 65.6 Å². The molecule has 2 aromatic carbocycles. The van der Waals surface area contributed by atoms with Crippen LogP contribution in [-0.2, 0) is 28.7 Å². The molecule has 0 spiro atoms. The van der Waals surface area contributed by atoms with Crippen LogP contribution in [0.2, 0.25) is 0 Å². The van der Waals surface area contributed by atoms with Crippen LogP contribution in [0.4, 0.5) is 0 Å². The second-order valence-electron chi connectivity index (χ2n) is 9.02. The van der Waals surface area contributed by atoms with Crippen molar-refractivity contribution in [1.82, 2.24) is 0 Å². The molecule has 0 bridgehead atoms. The van der Waals surface area contributed by atoms with E-state index in [1.807, 2.05) is 36.4 Å². The summed E-state index contributed by atoms with van der Waals surface area (Å²) in [4.78, 5) is 34.4. The fourth-order valence-corrected chi connectivity index (χ4v) is 4.06. The number of benzene rings is 2. The first-order valence-corrected chi connectivity index (χ1v) is 13.1. The zero-order chi connectivity index (χ0) is 29.0. The number of esters is 2. The van der Waals surface area contributed by atoms with E-state index in [0.29, 0.717) is 11.5 Å². The predicted octanol–water partition coefficient (Wildman–Crippen LogP) is -1.19. The second kappa shape index (κ2) is 27.6. The Labute approximate surface area is 344 Å². The Kier molecular flexibility index (Phi) is 28.5. The Balaban J connectivity index is -0.000000630. The van der Waals surface area contributed by atoms with Crippen molar-refractivity contribution in [3.63, 3.8) is 0 Å². The Hall–Kier alpha value is -0.687. The molecule has 2 aromatic rings. The molecule has 0 saturated heterocycles. The maximum absolute atomic E-state index is 11.6. The van der Waals surface area contributed by atoms with E-state index < -0.39 is 0 Å². The van der Waals surface area contributed by atoms with Crippen molar-refractivity contribution in [3.05, 3.63) is 60.7 Å². The summed E-state index contributed by atoms with van der Waals surface area (Å²) < 4.78 is 21.0. The molecule has 0 radical (unpaired) electrons. The normalized spacial score (nSPS) is 13.3. The summed E-state index contributed by atoms with van der Waals surface area (Å²) in [5.74, 6) is 0.228. The third kappa shape index (κ3) is 21.6. The summed E-state index contributed by atoms with van der Waals surface area (Å²) in [5, 5.41) is 23.6. The third-order valence-electron chi connectivity index (χ3n) is 5.82. The van der Waals surface area contributed by atoms with Gasteiger partial charge in [0.1, 0.15) is 36.5 Å². The van der Waals surface area contributed by atoms with Crippen molar-refractivity contribution >= 4 is 42.6 Å². The third-order valence-corrected chi connectivity index (χ3v) is 5.82. The topological polar surface area (TPSA) is 168 Å². The minimum atomic E-state index is -0.372. The number of para-hydroxylation sites is 2. The minimum Gasteiger partial charge on any atom is -1.00 e. The van der Waals surface area contributed by atoms with E-state index in [0.717, 1.165) is 51.4 Å². The van der Waals surface area contributed by atoms with Gasteiger partial charge in [0.15, 0.2) is 11.8 Å². The van der Waals surface area contributed by atoms with Gasteiger partial charge in [0.05, 0.1) is 0 Å². The van der Waals surface area contributed by atoms with Crippen molar-refractivity contribution in [2.24, 2.45) is 0 Å². The summed E-state index contributed by atoms with van der Waals surface area (Å²) in [6, 6.07) is 18.0. The molecule has 0 aromatic heterocycles. The molecule has 4 rings (SSSR count). The van der Waals surface area contributed by atoms with Crippen LogP contribution in [0.3, 0.4) is 0 Å². The van der Waals surface area contributed by atoms with E-state index >= 15 is 0 Å². The van der Waals surface area contributed by atoms with Gasteiger partial charge in [-0.1, -0.05) is 36.4 Å². The van der Waals surface area contributed by atoms with Crippen LogP contribution >= 0.6 is 12.4 Å². The van der Waals surface area contributed by atoms with Gasteiger partial charge in [-0.15, -0.1) is 12.4 Å². The molecule has 0 heterocycles. The number of hydrogen-bond acceptors (Lipinski definition) is 11. The molecular formula is C29H37ClK2N2O9. The van der Waals surface area contributed by atoms with Crippen molar-refractivity contribution in [2.45, 2.75) is 76.4 Å². The quantitative estimate of drug-likeness (QED) is 0.0634. The van der Waals surface area contributed by atoms with Gasteiger partial charge in [0.2, 0.25) is 0 Å². The molecule has 226 valence electrons. The average molecular weight is 671 g/mol. The van der Waals surface area contributed by atoms with Crippen molar-refractivity contribution in [1.29, 1.82) is 10.8 Å². The number of ether oxygens (including phenoxy) is 4. The minimum absolute atomic E-state index is 0. The van der Waals surface area contributed by atoms with Gasteiger partial charge in [-0.05, 0) is 75.6 Å². The van der Waals surface area contributed by atoms with Gasteiger partial charge in [-0.3, -0.25) is 25.2 Å². The molecule has 43 heavy (non-hydrogen) atoms. The summed E-state index contributed by atoms with van der Waals surface area (Å²) in [7, 11) is 0. The number of carbonyl (C=O) groups excluding carboxylic acids is 3. The first kappa shape index (κ1) is 44.4. The molecular weight excluding hydrogens is 634 g/mol. The van der Waals surface area contributed by atoms with Crippen molar-refractivity contribution in [3.8, 4) is 11.5 Å². The average Bonchev–Trinajstić information content (AvgIpc) is 3.65. The second-order valence-corrected chi connectivity index (χ2v) is 9.02. The molecule has 2 saturated carbocycles. The van der Waals surface area contributed by atoms with Gasteiger partial charge in [0.25, 0.3) is 6.47 Å². The van der Waals surface area contributed by atoms with E-state index in [9.17, 15) is 9.59 Å². The SMILES string of the molecule is Cl.N=C(CC(=O)OC1CCCC1)Oc1ccccc1.N=C(CC(=O)OC1CCCC1)Oc1ccccc1.O=CO[O-].[H-].[K+].[K+]. The van der Waals surface area contributed by atoms with E-state index in [1.54, 1.807) is 24.3 Å². The smallest absolute Gasteiger partial charge is 1.00 e. The fraction of sp³-hybridized carbons (Fsp3) is 0.414. The zero-order valence-corrected chi connectivity index (χ0v) is 31.7. The Morgan fingerprint density at radius 3 is 1.30 bits per heavy atom. The van der Waals surface area contributed by atoms with Crippen LogP contribution in [0, 0.1) is 10.8 Å². The molecule has 2 aliphatic carbocycles. The maximum atomic E-state index is 11.6. The maximum Gasteiger partial charge on any atom is 1.00 e. The summed E-state index contributed by atoms with van der Waals surface area (Å²) >= 11 is 0. The van der Waals surface area contributed by atoms with Gasteiger partial charge >= 0.3 is 115 Å². The van der Waals surface area contributed by atoms with E-state index in [-0.39, 0.29) is 172 Å². The molecule has 2 N–H and O–H groups in total. The number of nitrogens with one attached hydrogen (secondary N) is 2. The van der Waals surface area contributed by atoms with Crippen LogP contribution in [0.5, 0.6) is 11.5 Å². The van der Waals surface area contributed by atoms with Crippen LogP contribution < -0.4 is 118 Å². The van der Waals surface area contributed by atoms with Gasteiger partial charge in [0, 0.05) is 0 Å². The van der Waals surface area contributed by atoms with Crippen molar-refractivity contribution < 1.29 is 148 Å². The predicted molar refractivity (Wildman–Crippen MR) is 151 cm³/mol. The van der Waals surface area contributed by atoms with E-state index in [4.69, 9.17) is 39.8 Å². The van der Waals surface area contributed by atoms with Crippen LogP contribution in [-0.4, -0.2) is 42.4 Å². The molecule has 2 fully saturated rings. The van der Waals surface area contributed by atoms with E-state index in [2.05, 4.69) is 4.89 Å². The zero-order valence-electron chi connectivity index (χ0n) is 25.7. The molecule has 0 aliphatic heterocycles. The monoisotopic (exact) mass is 670 g/mol. The summed E-state index contributed by atoms with van der Waals surface area (Å²) in [6.07, 6.45) is 8.13. The largest absolute Gasteiger partial charge is 1.00 e. The Bertz CT molecular complexity index is 996. The van der Waals surface area contributed by atoms with Gasteiger partial charge in [-0.25, -0.2) is 0 Å². The Morgan fingerprint density at radius 2 is 1.02 bits per heavy atom. The number of halogens is 1. The number of hydrogen-bond donors (Lipinski definition) is 2. The summed E-state index contributed by atoms with van der Waals surface area (Å²) in [6.45, 7) is -0.181. The number of rotatable bonds is 9. The molecule has 0 atom stereocenters. The van der Waals surface area contributed by atoms with E-state index in [1.165, 1.54) is 0 Å². The first-order chi connectivity index (χ1) is 19.4. The first-order valence-electron chi connectivity index (χ1n) is 13.1.